The van der Waals surface area contributed by atoms with Gasteiger partial charge >= 0.3 is 0 Å². The lowest BCUT2D eigenvalue weighted by molar-refractivity contribution is 0.0254. The average Bonchev–Trinajstić information content (AvgIpc) is 3.21. The largest absolute Gasteiger partial charge is 0.489 e. The molecule has 1 aliphatic heterocycles. The fraction of sp³-hybridized carbons (Fsp3) is 0.259. The molecule has 7 nitrogen and oxygen atoms in total. The van der Waals surface area contributed by atoms with Crippen LogP contribution in [0.4, 0.5) is 0 Å². The van der Waals surface area contributed by atoms with Gasteiger partial charge in [0.1, 0.15) is 23.6 Å². The van der Waals surface area contributed by atoms with Gasteiger partial charge in [-0.25, -0.2) is 4.98 Å². The van der Waals surface area contributed by atoms with Crippen molar-refractivity contribution >= 4 is 23.7 Å². The van der Waals surface area contributed by atoms with Gasteiger partial charge in [-0.3, -0.25) is 0 Å². The van der Waals surface area contributed by atoms with E-state index in [1.54, 1.807) is 6.20 Å². The standard InChI is InChI=1S/C20H19N3O2.C6H6S.CH4.2H2O/c1-13-10-18-17(4-7-22-20(18)23-13)14-2-3-19(15(11-14)12-21)25-16-5-8-24-9-6-16;7-6-4-2-1-3-5-6;;;/h2-4,7,10-11,16H,5-6,8-9H2,1H3,(H,22,23);1-5,7H;1H4;2*1H2. The van der Waals surface area contributed by atoms with Crippen LogP contribution in [-0.4, -0.2) is 40.2 Å². The number of hydrogen-bond donors (Lipinski definition) is 2. The molecular formula is C27H33N3O4S. The number of fused-ring (bicyclic) bond motifs is 1. The Kier molecular flexibility index (Phi) is 12.0. The lowest BCUT2D eigenvalue weighted by atomic mass is 10.0. The zero-order valence-corrected chi connectivity index (χ0v) is 19.8. The highest BCUT2D eigenvalue weighted by Gasteiger charge is 2.18. The third-order valence-electron chi connectivity index (χ3n) is 5.30. The molecule has 5 N–H and O–H groups in total. The van der Waals surface area contributed by atoms with Crippen molar-refractivity contribution in [1.29, 1.82) is 5.26 Å². The van der Waals surface area contributed by atoms with E-state index in [4.69, 9.17) is 9.47 Å². The maximum Gasteiger partial charge on any atom is 0.138 e. The summed E-state index contributed by atoms with van der Waals surface area (Å²) in [4.78, 5) is 8.63. The molecule has 8 heteroatoms. The fourth-order valence-electron chi connectivity index (χ4n) is 3.70. The summed E-state index contributed by atoms with van der Waals surface area (Å²) in [5, 5.41) is 10.6. The normalized spacial score (nSPS) is 12.6. The molecule has 4 aromatic rings. The van der Waals surface area contributed by atoms with Gasteiger partial charge in [-0.15, -0.1) is 12.6 Å². The van der Waals surface area contributed by atoms with Crippen LogP contribution in [0.2, 0.25) is 0 Å². The number of nitriles is 1. The summed E-state index contributed by atoms with van der Waals surface area (Å²) in [7, 11) is 0. The van der Waals surface area contributed by atoms with Crippen molar-refractivity contribution in [3.8, 4) is 22.9 Å². The molecule has 2 aromatic carbocycles. The number of benzene rings is 2. The Bertz CT molecular complexity index is 1230. The predicted molar refractivity (Wildman–Crippen MR) is 143 cm³/mol. The summed E-state index contributed by atoms with van der Waals surface area (Å²) >= 11 is 4.08. The number of hydrogen-bond acceptors (Lipinski definition) is 5. The van der Waals surface area contributed by atoms with E-state index in [0.717, 1.165) is 45.6 Å². The van der Waals surface area contributed by atoms with Gasteiger partial charge in [0.05, 0.1) is 18.8 Å². The zero-order chi connectivity index (χ0) is 22.3. The number of rotatable bonds is 3. The number of nitrogens with zero attached hydrogens (tertiary/aromatic N) is 2. The molecule has 0 aliphatic carbocycles. The van der Waals surface area contributed by atoms with E-state index in [2.05, 4.69) is 34.7 Å². The molecule has 0 spiro atoms. The van der Waals surface area contributed by atoms with Crippen LogP contribution in [0.1, 0.15) is 31.5 Å². The van der Waals surface area contributed by atoms with E-state index in [9.17, 15) is 5.26 Å². The van der Waals surface area contributed by atoms with Crippen LogP contribution in [0.3, 0.4) is 0 Å². The monoisotopic (exact) mass is 495 g/mol. The van der Waals surface area contributed by atoms with Crippen LogP contribution in [0, 0.1) is 18.3 Å². The average molecular weight is 496 g/mol. The molecule has 0 unspecified atom stereocenters. The Morgan fingerprint density at radius 1 is 1.06 bits per heavy atom. The number of aryl methyl sites for hydroxylation is 1. The minimum absolute atomic E-state index is 0. The fourth-order valence-corrected chi connectivity index (χ4v) is 3.87. The van der Waals surface area contributed by atoms with Crippen LogP contribution < -0.4 is 4.74 Å². The Morgan fingerprint density at radius 3 is 2.40 bits per heavy atom. The molecule has 186 valence electrons. The highest BCUT2D eigenvalue weighted by molar-refractivity contribution is 7.80. The summed E-state index contributed by atoms with van der Waals surface area (Å²) in [6.07, 6.45) is 3.62. The van der Waals surface area contributed by atoms with E-state index in [0.29, 0.717) is 24.5 Å². The van der Waals surface area contributed by atoms with Crippen molar-refractivity contribution in [2.75, 3.05) is 13.2 Å². The van der Waals surface area contributed by atoms with E-state index < -0.39 is 0 Å². The van der Waals surface area contributed by atoms with Crippen molar-refractivity contribution in [2.24, 2.45) is 0 Å². The first kappa shape index (κ1) is 29.7. The van der Waals surface area contributed by atoms with Crippen molar-refractivity contribution in [2.45, 2.75) is 38.2 Å². The van der Waals surface area contributed by atoms with Crippen LogP contribution in [0.25, 0.3) is 22.2 Å². The molecule has 35 heavy (non-hydrogen) atoms. The van der Waals surface area contributed by atoms with Gasteiger partial charge < -0.3 is 25.4 Å². The molecule has 2 aromatic heterocycles. The molecule has 0 saturated carbocycles. The summed E-state index contributed by atoms with van der Waals surface area (Å²) in [6.45, 7) is 3.44. The quantitative estimate of drug-likeness (QED) is 0.390. The lowest BCUT2D eigenvalue weighted by Crippen LogP contribution is -2.26. The third-order valence-corrected chi connectivity index (χ3v) is 5.59. The highest BCUT2D eigenvalue weighted by atomic mass is 32.1. The molecule has 1 saturated heterocycles. The Morgan fingerprint density at radius 2 is 1.77 bits per heavy atom. The number of aromatic amines is 1. The topological polar surface area (TPSA) is 134 Å². The Hall–Kier alpha value is -3.35. The summed E-state index contributed by atoms with van der Waals surface area (Å²) in [6, 6.07) is 21.9. The van der Waals surface area contributed by atoms with Gasteiger partial charge in [-0.1, -0.05) is 31.7 Å². The van der Waals surface area contributed by atoms with Crippen LogP contribution in [0.15, 0.2) is 71.8 Å². The second kappa shape index (κ2) is 14.1. The van der Waals surface area contributed by atoms with Gasteiger partial charge in [0, 0.05) is 35.0 Å². The van der Waals surface area contributed by atoms with Gasteiger partial charge in [-0.2, -0.15) is 5.26 Å². The molecule has 1 aliphatic rings. The summed E-state index contributed by atoms with van der Waals surface area (Å²) in [5.74, 6) is 0.647. The van der Waals surface area contributed by atoms with Gasteiger partial charge in [0.15, 0.2) is 0 Å². The van der Waals surface area contributed by atoms with E-state index in [1.165, 1.54) is 0 Å². The molecule has 1 fully saturated rings. The first-order chi connectivity index (χ1) is 15.6. The first-order valence-electron chi connectivity index (χ1n) is 10.6. The number of aromatic nitrogens is 2. The smallest absolute Gasteiger partial charge is 0.138 e. The molecule has 0 radical (unpaired) electrons. The van der Waals surface area contributed by atoms with Crippen LogP contribution in [0.5, 0.6) is 5.75 Å². The SMILES string of the molecule is C.Cc1cc2c(-c3ccc(OC4CCOCC4)c(C#N)c3)ccnc2[nH]1.O.O.Sc1ccccc1. The van der Waals surface area contributed by atoms with Gasteiger partial charge in [-0.05, 0) is 54.4 Å². The second-order valence-electron chi connectivity index (χ2n) is 7.66. The Labute approximate surface area is 211 Å². The second-order valence-corrected chi connectivity index (χ2v) is 8.18. The van der Waals surface area contributed by atoms with Gasteiger partial charge in [0.25, 0.3) is 0 Å². The number of nitrogens with one attached hydrogen (secondary N) is 1. The molecule has 0 atom stereocenters. The lowest BCUT2D eigenvalue weighted by Gasteiger charge is -2.23. The van der Waals surface area contributed by atoms with E-state index >= 15 is 0 Å². The van der Waals surface area contributed by atoms with Crippen molar-refractivity contribution in [1.82, 2.24) is 9.97 Å². The predicted octanol–water partition coefficient (Wildman–Crippen LogP) is 4.93. The Balaban J connectivity index is 0.000000534. The highest BCUT2D eigenvalue weighted by Crippen LogP contribution is 2.32. The molecule has 5 rings (SSSR count). The molecular weight excluding hydrogens is 462 g/mol. The maximum absolute atomic E-state index is 9.56. The van der Waals surface area contributed by atoms with Crippen molar-refractivity contribution in [3.63, 3.8) is 0 Å². The number of H-pyrrole nitrogens is 1. The molecule has 0 amide bonds. The van der Waals surface area contributed by atoms with Crippen molar-refractivity contribution in [3.05, 3.63) is 78.1 Å². The zero-order valence-electron chi connectivity index (χ0n) is 18.9. The number of pyridine rings is 1. The van der Waals surface area contributed by atoms with E-state index in [-0.39, 0.29) is 24.5 Å². The first-order valence-corrected chi connectivity index (χ1v) is 11.1. The minimum Gasteiger partial charge on any atom is -0.489 e. The van der Waals surface area contributed by atoms with E-state index in [1.807, 2.05) is 61.5 Å². The maximum atomic E-state index is 9.56. The summed E-state index contributed by atoms with van der Waals surface area (Å²) < 4.78 is 11.4. The van der Waals surface area contributed by atoms with Crippen LogP contribution >= 0.6 is 12.6 Å². The van der Waals surface area contributed by atoms with Gasteiger partial charge in [0.2, 0.25) is 0 Å². The molecule has 0 bridgehead atoms. The summed E-state index contributed by atoms with van der Waals surface area (Å²) in [5.41, 5.74) is 4.53. The molecule has 3 heterocycles. The van der Waals surface area contributed by atoms with Crippen LogP contribution in [-0.2, 0) is 4.74 Å². The number of thiol groups is 1. The minimum atomic E-state index is 0. The number of ether oxygens (including phenoxy) is 2. The van der Waals surface area contributed by atoms with Crippen molar-refractivity contribution < 1.29 is 20.4 Å². The third kappa shape index (κ3) is 7.57.